The zero-order chi connectivity index (χ0) is 18.0. The van der Waals surface area contributed by atoms with E-state index < -0.39 is 20.2 Å². The lowest BCUT2D eigenvalue weighted by Crippen LogP contribution is -2.19. The molecule has 0 heterocycles. The van der Waals surface area contributed by atoms with Gasteiger partial charge in [0.25, 0.3) is 20.2 Å². The maximum absolute atomic E-state index is 11.3. The fraction of sp³-hybridized carbons (Fsp3) is 0.600. The first-order valence-corrected chi connectivity index (χ1v) is 11.1. The second kappa shape index (κ2) is 7.38. The normalized spacial score (nSPS) is 20.8. The van der Waals surface area contributed by atoms with Crippen molar-refractivity contribution in [2.45, 2.75) is 18.8 Å². The Labute approximate surface area is 143 Å². The highest BCUT2D eigenvalue weighted by atomic mass is 32.2. The fourth-order valence-electron chi connectivity index (χ4n) is 3.12. The van der Waals surface area contributed by atoms with Crippen LogP contribution in [0.25, 0.3) is 0 Å². The van der Waals surface area contributed by atoms with E-state index in [0.717, 1.165) is 23.6 Å². The summed E-state index contributed by atoms with van der Waals surface area (Å²) in [5.74, 6) is 0.521. The van der Waals surface area contributed by atoms with Crippen molar-refractivity contribution in [3.63, 3.8) is 0 Å². The van der Waals surface area contributed by atoms with Gasteiger partial charge in [0.1, 0.15) is 5.75 Å². The predicted octanol–water partition coefficient (Wildman–Crippen LogP) is 1.29. The third-order valence-corrected chi connectivity index (χ3v) is 5.18. The Morgan fingerprint density at radius 1 is 1.08 bits per heavy atom. The van der Waals surface area contributed by atoms with Gasteiger partial charge in [-0.3, -0.25) is 8.37 Å². The molecule has 9 heteroatoms. The molecule has 1 aliphatic carbocycles. The van der Waals surface area contributed by atoms with Crippen LogP contribution in [-0.2, 0) is 35.0 Å². The maximum atomic E-state index is 11.3. The third-order valence-electron chi connectivity index (χ3n) is 4.02. The van der Waals surface area contributed by atoms with Crippen LogP contribution >= 0.6 is 0 Å². The SMILES string of the molecule is COc1cccc2c1[C@H](CCOS(C)(=O)=O)[C@H](COS(C)(=O)=O)C2. The summed E-state index contributed by atoms with van der Waals surface area (Å²) in [5, 5.41) is 0. The van der Waals surface area contributed by atoms with Crippen LogP contribution in [0.3, 0.4) is 0 Å². The third kappa shape index (κ3) is 5.17. The Kier molecular flexibility index (Phi) is 5.90. The lowest BCUT2D eigenvalue weighted by atomic mass is 9.90. The Balaban J connectivity index is 2.21. The molecule has 0 N–H and O–H groups in total. The van der Waals surface area contributed by atoms with Gasteiger partial charge in [0.2, 0.25) is 0 Å². The van der Waals surface area contributed by atoms with Gasteiger partial charge in [-0.15, -0.1) is 0 Å². The minimum absolute atomic E-state index is 0.0242. The average molecular weight is 378 g/mol. The first-order valence-electron chi connectivity index (χ1n) is 7.45. The molecule has 0 saturated carbocycles. The van der Waals surface area contributed by atoms with Gasteiger partial charge in [-0.25, -0.2) is 0 Å². The second-order valence-electron chi connectivity index (χ2n) is 5.91. The van der Waals surface area contributed by atoms with Gasteiger partial charge >= 0.3 is 0 Å². The van der Waals surface area contributed by atoms with Crippen molar-refractivity contribution < 1.29 is 29.9 Å². The monoisotopic (exact) mass is 378 g/mol. The fourth-order valence-corrected chi connectivity index (χ4v) is 3.94. The minimum Gasteiger partial charge on any atom is -0.496 e. The molecule has 0 aromatic heterocycles. The van der Waals surface area contributed by atoms with E-state index in [0.29, 0.717) is 18.6 Å². The zero-order valence-electron chi connectivity index (χ0n) is 13.9. The summed E-state index contributed by atoms with van der Waals surface area (Å²) >= 11 is 0. The Bertz CT molecular complexity index is 784. The first-order chi connectivity index (χ1) is 11.1. The lowest BCUT2D eigenvalue weighted by Gasteiger charge is -2.21. The number of fused-ring (bicyclic) bond motifs is 1. The van der Waals surface area contributed by atoms with Gasteiger partial charge in [-0.05, 0) is 36.3 Å². The molecule has 0 spiro atoms. The molecule has 1 aromatic carbocycles. The number of rotatable bonds is 8. The van der Waals surface area contributed by atoms with Gasteiger partial charge < -0.3 is 4.74 Å². The van der Waals surface area contributed by atoms with E-state index in [1.807, 2.05) is 18.2 Å². The van der Waals surface area contributed by atoms with Crippen LogP contribution < -0.4 is 4.74 Å². The summed E-state index contributed by atoms with van der Waals surface area (Å²) in [6, 6.07) is 5.67. The number of methoxy groups -OCH3 is 1. The molecule has 2 rings (SSSR count). The van der Waals surface area contributed by atoms with Crippen LogP contribution in [0.2, 0.25) is 0 Å². The quantitative estimate of drug-likeness (QED) is 0.629. The van der Waals surface area contributed by atoms with Crippen molar-refractivity contribution in [2.75, 3.05) is 32.8 Å². The molecule has 0 radical (unpaired) electrons. The summed E-state index contributed by atoms with van der Waals surface area (Å²) in [7, 11) is -5.49. The highest BCUT2D eigenvalue weighted by Gasteiger charge is 2.35. The molecular formula is C15H22O7S2. The summed E-state index contributed by atoms with van der Waals surface area (Å²) in [6.07, 6.45) is 3.09. The van der Waals surface area contributed by atoms with Crippen molar-refractivity contribution in [3.8, 4) is 5.75 Å². The van der Waals surface area contributed by atoms with Gasteiger partial charge in [0.05, 0.1) is 32.8 Å². The molecule has 0 bridgehead atoms. The number of hydrogen-bond acceptors (Lipinski definition) is 7. The van der Waals surface area contributed by atoms with E-state index in [1.54, 1.807) is 7.11 Å². The van der Waals surface area contributed by atoms with E-state index in [9.17, 15) is 16.8 Å². The molecular weight excluding hydrogens is 356 g/mol. The lowest BCUT2D eigenvalue weighted by molar-refractivity contribution is 0.218. The van der Waals surface area contributed by atoms with E-state index in [1.165, 1.54) is 0 Å². The van der Waals surface area contributed by atoms with Crippen LogP contribution in [0.4, 0.5) is 0 Å². The number of hydrogen-bond donors (Lipinski definition) is 0. The largest absolute Gasteiger partial charge is 0.496 e. The highest BCUT2D eigenvalue weighted by Crippen LogP contribution is 2.45. The summed E-state index contributed by atoms with van der Waals surface area (Å²) in [4.78, 5) is 0. The predicted molar refractivity (Wildman–Crippen MR) is 89.1 cm³/mol. The molecule has 24 heavy (non-hydrogen) atoms. The molecule has 7 nitrogen and oxygen atoms in total. The Hall–Kier alpha value is -1.16. The Morgan fingerprint density at radius 2 is 1.75 bits per heavy atom. The van der Waals surface area contributed by atoms with Crippen molar-refractivity contribution >= 4 is 20.2 Å². The van der Waals surface area contributed by atoms with Crippen molar-refractivity contribution in [1.29, 1.82) is 0 Å². The Morgan fingerprint density at radius 3 is 2.33 bits per heavy atom. The van der Waals surface area contributed by atoms with Gasteiger partial charge in [-0.1, -0.05) is 12.1 Å². The van der Waals surface area contributed by atoms with Crippen molar-refractivity contribution in [2.24, 2.45) is 5.92 Å². The molecule has 136 valence electrons. The molecule has 0 aliphatic heterocycles. The maximum Gasteiger partial charge on any atom is 0.264 e. The van der Waals surface area contributed by atoms with Crippen LogP contribution in [0.1, 0.15) is 23.5 Å². The number of ether oxygens (including phenoxy) is 1. The van der Waals surface area contributed by atoms with Gasteiger partial charge in [0, 0.05) is 5.56 Å². The summed E-state index contributed by atoms with van der Waals surface area (Å²) in [5.41, 5.74) is 2.03. The van der Waals surface area contributed by atoms with Crippen molar-refractivity contribution in [3.05, 3.63) is 29.3 Å². The molecule has 0 unspecified atom stereocenters. The second-order valence-corrected chi connectivity index (χ2v) is 9.20. The van der Waals surface area contributed by atoms with E-state index >= 15 is 0 Å². The average Bonchev–Trinajstić information content (AvgIpc) is 2.81. The minimum atomic E-state index is -3.54. The molecule has 2 atom stereocenters. The molecule has 0 saturated heterocycles. The first kappa shape index (κ1) is 19.2. The van der Waals surface area contributed by atoms with Gasteiger partial charge in [0.15, 0.2) is 0 Å². The van der Waals surface area contributed by atoms with E-state index in [2.05, 4.69) is 0 Å². The number of benzene rings is 1. The molecule has 1 aliphatic rings. The zero-order valence-corrected chi connectivity index (χ0v) is 15.5. The molecule has 1 aromatic rings. The van der Waals surface area contributed by atoms with E-state index in [4.69, 9.17) is 13.1 Å². The van der Waals surface area contributed by atoms with Crippen LogP contribution in [0.15, 0.2) is 18.2 Å². The van der Waals surface area contributed by atoms with Gasteiger partial charge in [-0.2, -0.15) is 16.8 Å². The topological polar surface area (TPSA) is 96.0 Å². The smallest absolute Gasteiger partial charge is 0.264 e. The van der Waals surface area contributed by atoms with Crippen molar-refractivity contribution in [1.82, 2.24) is 0 Å². The molecule has 0 amide bonds. The molecule has 0 fully saturated rings. The highest BCUT2D eigenvalue weighted by molar-refractivity contribution is 7.86. The van der Waals surface area contributed by atoms with Crippen LogP contribution in [-0.4, -0.2) is 49.7 Å². The standard InChI is InChI=1S/C15H22O7S2/c1-20-14-6-4-5-11-9-12(10-22-24(3,18)19)13(15(11)14)7-8-21-23(2,16)17/h4-6,12-13H,7-10H2,1-3H3/t12-,13+/m0/s1. The van der Waals surface area contributed by atoms with Crippen LogP contribution in [0.5, 0.6) is 5.75 Å². The summed E-state index contributed by atoms with van der Waals surface area (Å²) < 4.78 is 60.1. The summed E-state index contributed by atoms with van der Waals surface area (Å²) in [6.45, 7) is 0.0660. The van der Waals surface area contributed by atoms with Crippen LogP contribution in [0, 0.1) is 5.92 Å². The van der Waals surface area contributed by atoms with E-state index in [-0.39, 0.29) is 25.0 Å².